The maximum Gasteiger partial charge on any atom is 0.265 e. The van der Waals surface area contributed by atoms with Gasteiger partial charge < -0.3 is 5.32 Å². The zero-order chi connectivity index (χ0) is 14.0. The molecule has 0 saturated heterocycles. The summed E-state index contributed by atoms with van der Waals surface area (Å²) in [6.07, 6.45) is 0. The van der Waals surface area contributed by atoms with Crippen LogP contribution in [-0.4, -0.2) is 5.91 Å². The van der Waals surface area contributed by atoms with Gasteiger partial charge in [0.15, 0.2) is 0 Å². The van der Waals surface area contributed by atoms with E-state index in [-0.39, 0.29) is 5.91 Å². The van der Waals surface area contributed by atoms with Crippen molar-refractivity contribution >= 4 is 38.9 Å². The van der Waals surface area contributed by atoms with Gasteiger partial charge >= 0.3 is 0 Å². The van der Waals surface area contributed by atoms with Gasteiger partial charge in [0, 0.05) is 5.69 Å². The summed E-state index contributed by atoms with van der Waals surface area (Å²) in [5, 5.41) is 2.94. The summed E-state index contributed by atoms with van der Waals surface area (Å²) in [5.74, 6) is 0.398. The number of aryl methyl sites for hydroxylation is 1. The van der Waals surface area contributed by atoms with Crippen molar-refractivity contribution in [3.8, 4) is 0 Å². The minimum absolute atomic E-state index is 0.0558. The zero-order valence-electron chi connectivity index (χ0n) is 11.2. The van der Waals surface area contributed by atoms with Crippen molar-refractivity contribution in [1.29, 1.82) is 0 Å². The Morgan fingerprint density at radius 3 is 2.63 bits per heavy atom. The topological polar surface area (TPSA) is 29.1 Å². The van der Waals surface area contributed by atoms with E-state index in [9.17, 15) is 4.79 Å². The Labute approximate surface area is 126 Å². The molecule has 100 valence electrons. The van der Waals surface area contributed by atoms with E-state index in [1.165, 1.54) is 16.9 Å². The van der Waals surface area contributed by atoms with Crippen molar-refractivity contribution in [3.63, 3.8) is 0 Å². The zero-order valence-corrected chi connectivity index (χ0v) is 13.6. The van der Waals surface area contributed by atoms with Crippen molar-refractivity contribution in [2.75, 3.05) is 5.32 Å². The molecule has 0 aliphatic heterocycles. The van der Waals surface area contributed by atoms with Crippen molar-refractivity contribution in [2.24, 2.45) is 0 Å². The highest BCUT2D eigenvalue weighted by atomic mass is 79.9. The number of nitrogens with one attached hydrogen (secondary N) is 1. The standard InChI is InChI=1S/C15H16BrNOS/c1-9(2)11-5-4-6-12(8-11)17-15(18)13-7-10(3)14(16)19-13/h4-9H,1-3H3,(H,17,18). The molecule has 1 amide bonds. The van der Waals surface area contributed by atoms with Gasteiger partial charge in [-0.05, 0) is 58.1 Å². The number of thiophene rings is 1. The maximum absolute atomic E-state index is 12.1. The maximum atomic E-state index is 12.1. The number of benzene rings is 1. The summed E-state index contributed by atoms with van der Waals surface area (Å²) in [6, 6.07) is 9.89. The quantitative estimate of drug-likeness (QED) is 0.819. The number of hydrogen-bond acceptors (Lipinski definition) is 2. The third-order valence-corrected chi connectivity index (χ3v) is 5.03. The smallest absolute Gasteiger partial charge is 0.265 e. The molecule has 0 aliphatic carbocycles. The molecule has 0 bridgehead atoms. The molecular formula is C15H16BrNOS. The van der Waals surface area contributed by atoms with Crippen LogP contribution >= 0.6 is 27.3 Å². The molecule has 1 heterocycles. The Kier molecular flexibility index (Phi) is 4.42. The third kappa shape index (κ3) is 3.45. The molecule has 19 heavy (non-hydrogen) atoms. The fraction of sp³-hybridized carbons (Fsp3) is 0.267. The van der Waals surface area contributed by atoms with E-state index in [2.05, 4.69) is 41.2 Å². The Morgan fingerprint density at radius 1 is 1.32 bits per heavy atom. The number of hydrogen-bond donors (Lipinski definition) is 1. The highest BCUT2D eigenvalue weighted by Gasteiger charge is 2.11. The molecule has 2 nitrogen and oxygen atoms in total. The highest BCUT2D eigenvalue weighted by Crippen LogP contribution is 2.28. The van der Waals surface area contributed by atoms with Gasteiger partial charge in [0.1, 0.15) is 0 Å². The van der Waals surface area contributed by atoms with Crippen LogP contribution in [0.3, 0.4) is 0 Å². The number of anilines is 1. The highest BCUT2D eigenvalue weighted by molar-refractivity contribution is 9.11. The molecule has 1 N–H and O–H groups in total. The lowest BCUT2D eigenvalue weighted by Crippen LogP contribution is -2.10. The van der Waals surface area contributed by atoms with Gasteiger partial charge in [-0.3, -0.25) is 4.79 Å². The molecule has 0 radical (unpaired) electrons. The summed E-state index contributed by atoms with van der Waals surface area (Å²) in [7, 11) is 0. The second-order valence-electron chi connectivity index (χ2n) is 4.80. The molecule has 0 aliphatic rings. The minimum atomic E-state index is -0.0558. The van der Waals surface area contributed by atoms with Crippen molar-refractivity contribution in [2.45, 2.75) is 26.7 Å². The first-order chi connectivity index (χ1) is 8.97. The van der Waals surface area contributed by atoms with Gasteiger partial charge in [0.05, 0.1) is 8.66 Å². The van der Waals surface area contributed by atoms with Crippen LogP contribution in [0.5, 0.6) is 0 Å². The first-order valence-electron chi connectivity index (χ1n) is 6.14. The van der Waals surface area contributed by atoms with E-state index in [1.54, 1.807) is 0 Å². The SMILES string of the molecule is Cc1cc(C(=O)Nc2cccc(C(C)C)c2)sc1Br. The van der Waals surface area contributed by atoms with E-state index in [4.69, 9.17) is 0 Å². The molecule has 2 aromatic rings. The Morgan fingerprint density at radius 2 is 2.05 bits per heavy atom. The molecule has 0 spiro atoms. The molecule has 0 unspecified atom stereocenters. The van der Waals surface area contributed by atoms with Crippen LogP contribution in [0.2, 0.25) is 0 Å². The normalized spacial score (nSPS) is 10.8. The van der Waals surface area contributed by atoms with Crippen LogP contribution in [0.1, 0.15) is 40.6 Å². The summed E-state index contributed by atoms with van der Waals surface area (Å²) >= 11 is 4.90. The summed E-state index contributed by atoms with van der Waals surface area (Å²) < 4.78 is 1.01. The fourth-order valence-corrected chi connectivity index (χ4v) is 3.17. The number of carbonyl (C=O) groups is 1. The molecule has 0 atom stereocenters. The largest absolute Gasteiger partial charge is 0.321 e. The first kappa shape index (κ1) is 14.3. The van der Waals surface area contributed by atoms with Crippen LogP contribution in [0.15, 0.2) is 34.1 Å². The average molecular weight is 338 g/mol. The van der Waals surface area contributed by atoms with Crippen LogP contribution in [0.4, 0.5) is 5.69 Å². The van der Waals surface area contributed by atoms with Gasteiger partial charge in [-0.15, -0.1) is 11.3 Å². The van der Waals surface area contributed by atoms with E-state index in [0.29, 0.717) is 5.92 Å². The second kappa shape index (κ2) is 5.88. The predicted molar refractivity (Wildman–Crippen MR) is 85.2 cm³/mol. The fourth-order valence-electron chi connectivity index (χ4n) is 1.74. The van der Waals surface area contributed by atoms with Crippen LogP contribution in [0, 0.1) is 6.92 Å². The van der Waals surface area contributed by atoms with Crippen LogP contribution in [0.25, 0.3) is 0 Å². The van der Waals surface area contributed by atoms with Crippen molar-refractivity contribution in [1.82, 2.24) is 0 Å². The van der Waals surface area contributed by atoms with Gasteiger partial charge in [-0.25, -0.2) is 0 Å². The summed E-state index contributed by atoms with van der Waals surface area (Å²) in [6.45, 7) is 6.26. The lowest BCUT2D eigenvalue weighted by atomic mass is 10.0. The molecule has 0 saturated carbocycles. The van der Waals surface area contributed by atoms with Crippen LogP contribution < -0.4 is 5.32 Å². The third-order valence-electron chi connectivity index (χ3n) is 2.89. The molecular weight excluding hydrogens is 322 g/mol. The Hall–Kier alpha value is -1.13. The van der Waals surface area contributed by atoms with Gasteiger partial charge in [-0.1, -0.05) is 26.0 Å². The Balaban J connectivity index is 2.17. The number of carbonyl (C=O) groups excluding carboxylic acids is 1. The van der Waals surface area contributed by atoms with Crippen molar-refractivity contribution in [3.05, 3.63) is 50.1 Å². The van der Waals surface area contributed by atoms with Crippen LogP contribution in [-0.2, 0) is 0 Å². The molecule has 1 aromatic carbocycles. The predicted octanol–water partition coefficient (Wildman–Crippen LogP) is 5.19. The molecule has 0 fully saturated rings. The van der Waals surface area contributed by atoms with E-state index in [1.807, 2.05) is 31.2 Å². The van der Waals surface area contributed by atoms with E-state index >= 15 is 0 Å². The second-order valence-corrected chi connectivity index (χ2v) is 7.17. The number of amides is 1. The van der Waals surface area contributed by atoms with E-state index in [0.717, 1.165) is 19.9 Å². The lowest BCUT2D eigenvalue weighted by molar-refractivity contribution is 0.103. The van der Waals surface area contributed by atoms with Gasteiger partial charge in [-0.2, -0.15) is 0 Å². The summed E-state index contributed by atoms with van der Waals surface area (Å²) in [5.41, 5.74) is 3.16. The number of halogens is 1. The molecule has 2 rings (SSSR count). The Bertz CT molecular complexity index is 584. The molecule has 1 aromatic heterocycles. The lowest BCUT2D eigenvalue weighted by Gasteiger charge is -2.08. The average Bonchev–Trinajstić information content (AvgIpc) is 2.70. The first-order valence-corrected chi connectivity index (χ1v) is 7.75. The van der Waals surface area contributed by atoms with E-state index < -0.39 is 0 Å². The molecule has 4 heteroatoms. The monoisotopic (exact) mass is 337 g/mol. The van der Waals surface area contributed by atoms with Crippen molar-refractivity contribution < 1.29 is 4.79 Å². The van der Waals surface area contributed by atoms with Gasteiger partial charge in [0.25, 0.3) is 5.91 Å². The summed E-state index contributed by atoms with van der Waals surface area (Å²) in [4.78, 5) is 12.9. The van der Waals surface area contributed by atoms with Gasteiger partial charge in [0.2, 0.25) is 0 Å². The minimum Gasteiger partial charge on any atom is -0.321 e. The number of rotatable bonds is 3.